The summed E-state index contributed by atoms with van der Waals surface area (Å²) in [6.07, 6.45) is 4.72. The molecule has 15 heavy (non-hydrogen) atoms. The lowest BCUT2D eigenvalue weighted by Gasteiger charge is -2.17. The van der Waals surface area contributed by atoms with E-state index in [9.17, 15) is 4.79 Å². The number of alkyl halides is 1. The standard InChI is InChI=1S/C10H20ClNO2.ClH/c1-3-4-5-6-7-8(2)9(11)12-10(13)14;/h8-9,12H,3-7H2,1-2H3,(H,13,14);1H. The molecule has 0 radical (unpaired) electrons. The van der Waals surface area contributed by atoms with Gasteiger partial charge in [-0.05, 0) is 12.3 Å². The van der Waals surface area contributed by atoms with E-state index in [-0.39, 0.29) is 18.3 Å². The van der Waals surface area contributed by atoms with Gasteiger partial charge in [0.05, 0.1) is 0 Å². The highest BCUT2D eigenvalue weighted by Crippen LogP contribution is 2.16. The number of unbranched alkanes of at least 4 members (excludes halogenated alkanes) is 3. The van der Waals surface area contributed by atoms with Crippen molar-refractivity contribution in [1.29, 1.82) is 0 Å². The lowest BCUT2D eigenvalue weighted by atomic mass is 10.0. The van der Waals surface area contributed by atoms with Gasteiger partial charge in [0.2, 0.25) is 0 Å². The van der Waals surface area contributed by atoms with Crippen LogP contribution in [-0.4, -0.2) is 16.7 Å². The van der Waals surface area contributed by atoms with Gasteiger partial charge < -0.3 is 10.4 Å². The Bertz CT molecular complexity index is 168. The van der Waals surface area contributed by atoms with Crippen LogP contribution >= 0.6 is 24.0 Å². The minimum absolute atomic E-state index is 0. The predicted octanol–water partition coefficient (Wildman–Crippen LogP) is 3.85. The molecule has 0 aliphatic heterocycles. The molecule has 0 fully saturated rings. The van der Waals surface area contributed by atoms with E-state index < -0.39 is 11.6 Å². The van der Waals surface area contributed by atoms with Crippen LogP contribution in [0.4, 0.5) is 4.79 Å². The Morgan fingerprint density at radius 1 is 1.40 bits per heavy atom. The van der Waals surface area contributed by atoms with Crippen LogP contribution in [0.3, 0.4) is 0 Å². The summed E-state index contributed by atoms with van der Waals surface area (Å²) in [4.78, 5) is 10.3. The molecule has 0 aliphatic rings. The highest BCUT2D eigenvalue weighted by Gasteiger charge is 2.15. The second-order valence-corrected chi connectivity index (χ2v) is 4.15. The van der Waals surface area contributed by atoms with Crippen molar-refractivity contribution >= 4 is 30.1 Å². The fourth-order valence-electron chi connectivity index (χ4n) is 1.30. The van der Waals surface area contributed by atoms with Crippen molar-refractivity contribution in [1.82, 2.24) is 5.32 Å². The largest absolute Gasteiger partial charge is 0.465 e. The first kappa shape index (κ1) is 17.3. The number of amides is 1. The van der Waals surface area contributed by atoms with Crippen LogP contribution in [0.2, 0.25) is 0 Å². The molecule has 2 atom stereocenters. The second-order valence-electron chi connectivity index (χ2n) is 3.68. The van der Waals surface area contributed by atoms with Gasteiger partial charge in [0.1, 0.15) is 5.50 Å². The van der Waals surface area contributed by atoms with Crippen LogP contribution in [0, 0.1) is 5.92 Å². The number of rotatable bonds is 7. The summed E-state index contributed by atoms with van der Waals surface area (Å²) in [5.41, 5.74) is -0.464. The lowest BCUT2D eigenvalue weighted by Crippen LogP contribution is -2.34. The van der Waals surface area contributed by atoms with Crippen LogP contribution in [-0.2, 0) is 0 Å². The van der Waals surface area contributed by atoms with Gasteiger partial charge in [-0.25, -0.2) is 4.79 Å². The molecule has 3 nitrogen and oxygen atoms in total. The van der Waals surface area contributed by atoms with Crippen LogP contribution in [0.5, 0.6) is 0 Å². The molecule has 2 N–H and O–H groups in total. The van der Waals surface area contributed by atoms with E-state index in [1.54, 1.807) is 0 Å². The van der Waals surface area contributed by atoms with Crippen LogP contribution in [0.1, 0.15) is 46.0 Å². The average Bonchev–Trinajstić information content (AvgIpc) is 2.11. The molecule has 0 aromatic heterocycles. The monoisotopic (exact) mass is 257 g/mol. The molecule has 0 aliphatic carbocycles. The zero-order valence-corrected chi connectivity index (χ0v) is 10.9. The Kier molecular flexibility index (Phi) is 11.9. The molecule has 2 unspecified atom stereocenters. The summed E-state index contributed by atoms with van der Waals surface area (Å²) in [6.45, 7) is 4.14. The minimum Gasteiger partial charge on any atom is -0.465 e. The zero-order chi connectivity index (χ0) is 11.0. The number of halogens is 2. The first-order chi connectivity index (χ1) is 6.57. The lowest BCUT2D eigenvalue weighted by molar-refractivity contribution is 0.190. The van der Waals surface area contributed by atoms with Crippen molar-refractivity contribution in [3.8, 4) is 0 Å². The third-order valence-corrected chi connectivity index (χ3v) is 2.81. The molecule has 0 rings (SSSR count). The van der Waals surface area contributed by atoms with Crippen molar-refractivity contribution in [2.24, 2.45) is 5.92 Å². The Morgan fingerprint density at radius 2 is 2.00 bits per heavy atom. The molecular formula is C10H21Cl2NO2. The third-order valence-electron chi connectivity index (χ3n) is 2.27. The molecule has 0 spiro atoms. The quantitative estimate of drug-likeness (QED) is 0.414. The van der Waals surface area contributed by atoms with Gasteiger partial charge in [-0.3, -0.25) is 0 Å². The van der Waals surface area contributed by atoms with E-state index in [2.05, 4.69) is 12.2 Å². The molecule has 0 saturated carbocycles. The molecule has 0 saturated heterocycles. The van der Waals surface area contributed by atoms with Gasteiger partial charge in [0, 0.05) is 0 Å². The molecule has 0 aromatic carbocycles. The topological polar surface area (TPSA) is 49.3 Å². The van der Waals surface area contributed by atoms with E-state index in [0.29, 0.717) is 0 Å². The summed E-state index contributed by atoms with van der Waals surface area (Å²) >= 11 is 5.85. The third kappa shape index (κ3) is 10.1. The molecule has 0 bridgehead atoms. The Balaban J connectivity index is 0. The van der Waals surface area contributed by atoms with Crippen molar-refractivity contribution < 1.29 is 9.90 Å². The van der Waals surface area contributed by atoms with Crippen LogP contribution < -0.4 is 5.32 Å². The second kappa shape index (κ2) is 10.4. The maximum Gasteiger partial charge on any atom is 0.405 e. The Hall–Kier alpha value is -0.150. The number of carboxylic acid groups (broad SMARTS) is 1. The maximum absolute atomic E-state index is 10.3. The van der Waals surface area contributed by atoms with Gasteiger partial charge >= 0.3 is 6.09 Å². The summed E-state index contributed by atoms with van der Waals surface area (Å²) in [6, 6.07) is 0. The van der Waals surface area contributed by atoms with Crippen molar-refractivity contribution in [2.75, 3.05) is 0 Å². The summed E-state index contributed by atoms with van der Waals surface area (Å²) in [7, 11) is 0. The first-order valence-corrected chi connectivity index (χ1v) is 5.65. The number of hydrogen-bond acceptors (Lipinski definition) is 1. The SMILES string of the molecule is CCCCCCC(C)C(Cl)NC(=O)O.Cl. The normalized spacial score (nSPS) is 13.8. The Labute approximate surface area is 103 Å². The molecule has 0 heterocycles. The fourth-order valence-corrected chi connectivity index (χ4v) is 1.52. The first-order valence-electron chi connectivity index (χ1n) is 5.21. The van der Waals surface area contributed by atoms with E-state index >= 15 is 0 Å². The average molecular weight is 258 g/mol. The molecule has 1 amide bonds. The Morgan fingerprint density at radius 3 is 2.47 bits per heavy atom. The zero-order valence-electron chi connectivity index (χ0n) is 9.33. The molecular weight excluding hydrogens is 237 g/mol. The minimum atomic E-state index is -1.05. The van der Waals surface area contributed by atoms with Crippen molar-refractivity contribution in [2.45, 2.75) is 51.5 Å². The summed E-state index contributed by atoms with van der Waals surface area (Å²) in [5.74, 6) is 0.199. The van der Waals surface area contributed by atoms with Crippen molar-refractivity contribution in [3.05, 3.63) is 0 Å². The summed E-state index contributed by atoms with van der Waals surface area (Å²) < 4.78 is 0. The number of hydrogen-bond donors (Lipinski definition) is 2. The van der Waals surface area contributed by atoms with E-state index in [4.69, 9.17) is 16.7 Å². The van der Waals surface area contributed by atoms with Gasteiger partial charge in [-0.1, -0.05) is 51.1 Å². The van der Waals surface area contributed by atoms with E-state index in [1.165, 1.54) is 19.3 Å². The number of carbonyl (C=O) groups is 1. The predicted molar refractivity (Wildman–Crippen MR) is 66.0 cm³/mol. The van der Waals surface area contributed by atoms with E-state index in [0.717, 1.165) is 12.8 Å². The van der Waals surface area contributed by atoms with Crippen LogP contribution in [0.15, 0.2) is 0 Å². The van der Waals surface area contributed by atoms with Gasteiger partial charge in [-0.15, -0.1) is 12.4 Å². The molecule has 92 valence electrons. The fraction of sp³-hybridized carbons (Fsp3) is 0.900. The smallest absolute Gasteiger partial charge is 0.405 e. The summed E-state index contributed by atoms with van der Waals surface area (Å²) in [5, 5.41) is 10.7. The van der Waals surface area contributed by atoms with Gasteiger partial charge in [-0.2, -0.15) is 0 Å². The van der Waals surface area contributed by atoms with Gasteiger partial charge in [0.25, 0.3) is 0 Å². The molecule has 5 heteroatoms. The highest BCUT2D eigenvalue weighted by molar-refractivity contribution is 6.21. The van der Waals surface area contributed by atoms with Crippen molar-refractivity contribution in [3.63, 3.8) is 0 Å². The van der Waals surface area contributed by atoms with Crippen LogP contribution in [0.25, 0.3) is 0 Å². The maximum atomic E-state index is 10.3. The number of nitrogens with one attached hydrogen (secondary N) is 1. The van der Waals surface area contributed by atoms with Gasteiger partial charge in [0.15, 0.2) is 0 Å². The highest BCUT2D eigenvalue weighted by atomic mass is 35.5. The van der Waals surface area contributed by atoms with E-state index in [1.807, 2.05) is 6.92 Å². The molecule has 0 aromatic rings.